The number of phosphoric ester groups is 1. The number of hydrogen-bond acceptors (Lipinski definition) is 7. The van der Waals surface area contributed by atoms with Crippen LogP contribution in [0.3, 0.4) is 0 Å². The van der Waals surface area contributed by atoms with Crippen LogP contribution in [0.4, 0.5) is 0 Å². The Hall–Kier alpha value is -1.06. The highest BCUT2D eigenvalue weighted by Gasteiger charge is 2.24. The lowest BCUT2D eigenvalue weighted by atomic mass is 10.0. The molecule has 126 valence electrons. The van der Waals surface area contributed by atoms with Crippen LogP contribution in [-0.4, -0.2) is 48.8 Å². The summed E-state index contributed by atoms with van der Waals surface area (Å²) >= 11 is 0. The number of aromatic nitrogens is 1. The van der Waals surface area contributed by atoms with Crippen LogP contribution in [0.15, 0.2) is 6.20 Å². The van der Waals surface area contributed by atoms with Crippen molar-refractivity contribution >= 4 is 7.82 Å². The third-order valence-corrected chi connectivity index (χ3v) is 3.67. The Morgan fingerprint density at radius 1 is 1.36 bits per heavy atom. The SMILES string of the molecule is Cc1ncc(COP(=O)(O)O)c(CNC(C)(CO)CO)c1O. The molecule has 0 amide bonds. The summed E-state index contributed by atoms with van der Waals surface area (Å²) in [5, 5.41) is 31.4. The average Bonchev–Trinajstić information content (AvgIpc) is 2.46. The number of aliphatic hydroxyl groups excluding tert-OH is 2. The fourth-order valence-corrected chi connectivity index (χ4v) is 1.93. The highest BCUT2D eigenvalue weighted by Crippen LogP contribution is 2.38. The summed E-state index contributed by atoms with van der Waals surface area (Å²) in [6, 6.07) is 0. The molecule has 1 rings (SSSR count). The van der Waals surface area contributed by atoms with E-state index in [-0.39, 0.29) is 31.1 Å². The van der Waals surface area contributed by atoms with E-state index in [1.807, 2.05) is 0 Å². The Bertz CT molecular complexity index is 557. The zero-order chi connectivity index (χ0) is 17.0. The minimum atomic E-state index is -4.65. The number of pyridine rings is 1. The Balaban J connectivity index is 3.00. The molecule has 0 aromatic carbocycles. The first-order valence-electron chi connectivity index (χ1n) is 6.45. The van der Waals surface area contributed by atoms with Gasteiger partial charge < -0.3 is 30.4 Å². The second-order valence-corrected chi connectivity index (χ2v) is 6.43. The zero-order valence-corrected chi connectivity index (χ0v) is 13.2. The van der Waals surface area contributed by atoms with Crippen molar-refractivity contribution in [3.05, 3.63) is 23.0 Å². The van der Waals surface area contributed by atoms with Crippen molar-refractivity contribution in [2.45, 2.75) is 32.5 Å². The van der Waals surface area contributed by atoms with Gasteiger partial charge in [-0.25, -0.2) is 4.57 Å². The summed E-state index contributed by atoms with van der Waals surface area (Å²) in [7, 11) is -4.65. The van der Waals surface area contributed by atoms with Crippen molar-refractivity contribution in [3.8, 4) is 5.75 Å². The Kier molecular flexibility index (Phi) is 6.45. The van der Waals surface area contributed by atoms with Gasteiger partial charge in [-0.1, -0.05) is 0 Å². The van der Waals surface area contributed by atoms with Crippen LogP contribution in [0.1, 0.15) is 23.7 Å². The van der Waals surface area contributed by atoms with E-state index < -0.39 is 20.0 Å². The van der Waals surface area contributed by atoms with E-state index in [1.165, 1.54) is 6.20 Å². The van der Waals surface area contributed by atoms with Gasteiger partial charge in [0.2, 0.25) is 0 Å². The van der Waals surface area contributed by atoms with Crippen LogP contribution in [-0.2, 0) is 22.2 Å². The number of aryl methyl sites for hydroxylation is 1. The third-order valence-electron chi connectivity index (χ3n) is 3.21. The van der Waals surface area contributed by atoms with E-state index in [0.717, 1.165) is 0 Å². The molecule has 0 aliphatic carbocycles. The van der Waals surface area contributed by atoms with Gasteiger partial charge in [-0.3, -0.25) is 9.51 Å². The minimum absolute atomic E-state index is 0.0483. The maximum atomic E-state index is 10.8. The van der Waals surface area contributed by atoms with Crippen molar-refractivity contribution in [3.63, 3.8) is 0 Å². The molecule has 0 saturated heterocycles. The van der Waals surface area contributed by atoms with Gasteiger partial charge in [0.25, 0.3) is 0 Å². The van der Waals surface area contributed by atoms with E-state index >= 15 is 0 Å². The van der Waals surface area contributed by atoms with Gasteiger partial charge in [-0.05, 0) is 13.8 Å². The maximum absolute atomic E-state index is 10.8. The summed E-state index contributed by atoms with van der Waals surface area (Å²) in [6.07, 6.45) is 1.34. The second-order valence-electron chi connectivity index (χ2n) is 5.19. The van der Waals surface area contributed by atoms with Crippen molar-refractivity contribution in [1.82, 2.24) is 10.3 Å². The Morgan fingerprint density at radius 2 is 1.95 bits per heavy atom. The van der Waals surface area contributed by atoms with Crippen molar-refractivity contribution in [2.24, 2.45) is 0 Å². The van der Waals surface area contributed by atoms with Crippen LogP contribution in [0, 0.1) is 6.92 Å². The van der Waals surface area contributed by atoms with Gasteiger partial charge in [0, 0.05) is 23.9 Å². The number of phosphoric acid groups is 1. The van der Waals surface area contributed by atoms with Crippen molar-refractivity contribution in [1.29, 1.82) is 0 Å². The first-order valence-corrected chi connectivity index (χ1v) is 7.98. The largest absolute Gasteiger partial charge is 0.506 e. The van der Waals surface area contributed by atoms with Crippen molar-refractivity contribution < 1.29 is 34.2 Å². The van der Waals surface area contributed by atoms with E-state index in [1.54, 1.807) is 13.8 Å². The lowest BCUT2D eigenvalue weighted by Gasteiger charge is -2.27. The molecule has 0 radical (unpaired) electrons. The summed E-state index contributed by atoms with van der Waals surface area (Å²) in [5.74, 6) is -0.141. The highest BCUT2D eigenvalue weighted by atomic mass is 31.2. The molecule has 10 heteroatoms. The number of nitrogens with one attached hydrogen (secondary N) is 1. The lowest BCUT2D eigenvalue weighted by molar-refractivity contribution is 0.102. The number of rotatable bonds is 8. The molecule has 0 aliphatic heterocycles. The van der Waals surface area contributed by atoms with E-state index in [0.29, 0.717) is 11.3 Å². The zero-order valence-electron chi connectivity index (χ0n) is 12.4. The van der Waals surface area contributed by atoms with Gasteiger partial charge in [-0.15, -0.1) is 0 Å². The summed E-state index contributed by atoms with van der Waals surface area (Å²) in [4.78, 5) is 21.4. The Morgan fingerprint density at radius 3 is 2.45 bits per heavy atom. The van der Waals surface area contributed by atoms with Crippen molar-refractivity contribution in [2.75, 3.05) is 13.2 Å². The molecule has 0 aliphatic rings. The lowest BCUT2D eigenvalue weighted by Crippen LogP contribution is -2.48. The summed E-state index contributed by atoms with van der Waals surface area (Å²) in [5.41, 5.74) is -0.0111. The molecule has 9 nitrogen and oxygen atoms in total. The van der Waals surface area contributed by atoms with Gasteiger partial charge in [0.15, 0.2) is 0 Å². The molecule has 1 aromatic rings. The van der Waals surface area contributed by atoms with Gasteiger partial charge in [-0.2, -0.15) is 0 Å². The van der Waals surface area contributed by atoms with Crippen LogP contribution < -0.4 is 5.32 Å². The molecule has 0 spiro atoms. The maximum Gasteiger partial charge on any atom is 0.469 e. The smallest absolute Gasteiger partial charge is 0.469 e. The normalized spacial score (nSPS) is 12.6. The number of hydrogen-bond donors (Lipinski definition) is 6. The predicted molar refractivity (Wildman–Crippen MR) is 76.9 cm³/mol. The molecule has 0 bridgehead atoms. The van der Waals surface area contributed by atoms with E-state index in [9.17, 15) is 19.9 Å². The summed E-state index contributed by atoms with van der Waals surface area (Å²) < 4.78 is 15.2. The molecule has 1 heterocycles. The number of aromatic hydroxyl groups is 1. The highest BCUT2D eigenvalue weighted by molar-refractivity contribution is 7.46. The number of aliphatic hydroxyl groups is 2. The molecule has 0 fully saturated rings. The molecule has 0 saturated carbocycles. The molecule has 1 aromatic heterocycles. The minimum Gasteiger partial charge on any atom is -0.506 e. The van der Waals surface area contributed by atoms with E-state index in [2.05, 4.69) is 14.8 Å². The topological polar surface area (TPSA) is 152 Å². The number of nitrogens with zero attached hydrogens (tertiary/aromatic N) is 1. The molecular formula is C12H21N2O7P. The van der Waals surface area contributed by atoms with Gasteiger partial charge in [0.1, 0.15) is 5.75 Å². The van der Waals surface area contributed by atoms with Gasteiger partial charge >= 0.3 is 7.82 Å². The van der Waals surface area contributed by atoms with Gasteiger partial charge in [0.05, 0.1) is 31.1 Å². The first-order chi connectivity index (χ1) is 10.1. The van der Waals surface area contributed by atoms with Crippen LogP contribution in [0.25, 0.3) is 0 Å². The third kappa shape index (κ3) is 5.29. The fraction of sp³-hybridized carbons (Fsp3) is 0.583. The summed E-state index contributed by atoms with van der Waals surface area (Å²) in [6.45, 7) is 2.11. The van der Waals surface area contributed by atoms with Crippen LogP contribution in [0.2, 0.25) is 0 Å². The van der Waals surface area contributed by atoms with Crippen LogP contribution >= 0.6 is 7.82 Å². The molecule has 22 heavy (non-hydrogen) atoms. The second kappa shape index (κ2) is 7.47. The molecule has 6 N–H and O–H groups in total. The molecule has 0 unspecified atom stereocenters. The standard InChI is InChI=1S/C12H21N2O7P/c1-8-11(17)10(4-14-12(2,6-15)7-16)9(3-13-8)5-21-22(18,19)20/h3,14-17H,4-7H2,1-2H3,(H2,18,19,20). The molecular weight excluding hydrogens is 315 g/mol. The average molecular weight is 336 g/mol. The monoisotopic (exact) mass is 336 g/mol. The first kappa shape index (κ1) is 19.0. The predicted octanol–water partition coefficient (Wildman–Crippen LogP) is -0.462. The van der Waals surface area contributed by atoms with E-state index in [4.69, 9.17) is 9.79 Å². The van der Waals surface area contributed by atoms with Crippen LogP contribution in [0.5, 0.6) is 5.75 Å². The Labute approximate surface area is 127 Å². The fourth-order valence-electron chi connectivity index (χ4n) is 1.62. The molecule has 0 atom stereocenters. The quantitative estimate of drug-likeness (QED) is 0.346.